The summed E-state index contributed by atoms with van der Waals surface area (Å²) >= 11 is 0. The predicted octanol–water partition coefficient (Wildman–Crippen LogP) is 9.55. The lowest BCUT2D eigenvalue weighted by Crippen LogP contribution is -2.13. The fraction of sp³-hybridized carbons (Fsp3) is 0.176. The lowest BCUT2D eigenvalue weighted by molar-refractivity contribution is 0.733. The molecule has 1 N–H and O–H groups in total. The topological polar surface area (TPSA) is 15.3 Å². The second-order valence-electron chi connectivity index (χ2n) is 9.87. The molecule has 0 fully saturated rings. The Morgan fingerprint density at radius 1 is 0.778 bits per heavy atom. The van der Waals surface area contributed by atoms with Crippen LogP contribution in [0.1, 0.15) is 55.2 Å². The zero-order valence-corrected chi connectivity index (χ0v) is 21.0. The van der Waals surface area contributed by atoms with Crippen LogP contribution in [0.2, 0.25) is 0 Å². The quantitative estimate of drug-likeness (QED) is 0.303. The van der Waals surface area contributed by atoms with E-state index in [4.69, 9.17) is 0 Å². The first-order chi connectivity index (χ1) is 17.7. The third-order valence-electron chi connectivity index (χ3n) is 7.71. The Labute approximate surface area is 214 Å². The number of anilines is 4. The Morgan fingerprint density at radius 2 is 1.47 bits per heavy atom. The average Bonchev–Trinajstić information content (AvgIpc) is 3.32. The van der Waals surface area contributed by atoms with Crippen molar-refractivity contribution in [3.05, 3.63) is 138 Å². The molecule has 1 heterocycles. The van der Waals surface area contributed by atoms with Crippen LogP contribution in [0.25, 0.3) is 5.57 Å². The zero-order valence-electron chi connectivity index (χ0n) is 21.0. The Balaban J connectivity index is 1.35. The number of nitrogens with zero attached hydrogens (tertiary/aromatic N) is 1. The first-order valence-electron chi connectivity index (χ1n) is 13.0. The van der Waals surface area contributed by atoms with Crippen molar-refractivity contribution >= 4 is 28.3 Å². The molecule has 0 bridgehead atoms. The van der Waals surface area contributed by atoms with Gasteiger partial charge in [0.25, 0.3) is 0 Å². The molecule has 2 nitrogen and oxygen atoms in total. The van der Waals surface area contributed by atoms with Crippen molar-refractivity contribution in [3.63, 3.8) is 0 Å². The van der Waals surface area contributed by atoms with Gasteiger partial charge in [-0.3, -0.25) is 0 Å². The molecule has 0 aromatic heterocycles. The minimum atomic E-state index is 0.420. The molecule has 178 valence electrons. The summed E-state index contributed by atoms with van der Waals surface area (Å²) in [5.74, 6) is 0.909. The van der Waals surface area contributed by atoms with E-state index in [1.807, 2.05) is 0 Å². The summed E-state index contributed by atoms with van der Waals surface area (Å²) in [5, 5.41) is 3.60. The van der Waals surface area contributed by atoms with Crippen molar-refractivity contribution in [1.82, 2.24) is 0 Å². The van der Waals surface area contributed by atoms with Gasteiger partial charge in [0.1, 0.15) is 0 Å². The van der Waals surface area contributed by atoms with Crippen LogP contribution in [0, 0.1) is 0 Å². The monoisotopic (exact) mass is 468 g/mol. The molecular formula is C34H32N2. The van der Waals surface area contributed by atoms with E-state index in [1.165, 1.54) is 50.7 Å². The van der Waals surface area contributed by atoms with Crippen LogP contribution in [0.3, 0.4) is 0 Å². The van der Waals surface area contributed by atoms with E-state index < -0.39 is 0 Å². The van der Waals surface area contributed by atoms with Gasteiger partial charge >= 0.3 is 0 Å². The van der Waals surface area contributed by atoms with Crippen LogP contribution in [0.15, 0.2) is 121 Å². The maximum Gasteiger partial charge on any atom is 0.0496 e. The molecule has 4 aromatic carbocycles. The highest BCUT2D eigenvalue weighted by Gasteiger charge is 2.29. The van der Waals surface area contributed by atoms with E-state index in [2.05, 4.69) is 139 Å². The smallest absolute Gasteiger partial charge is 0.0496 e. The fourth-order valence-corrected chi connectivity index (χ4v) is 5.55. The molecule has 2 aliphatic rings. The van der Waals surface area contributed by atoms with Gasteiger partial charge in [-0.15, -0.1) is 0 Å². The van der Waals surface area contributed by atoms with E-state index in [1.54, 1.807) is 0 Å². The van der Waals surface area contributed by atoms with Crippen LogP contribution in [-0.2, 0) is 0 Å². The largest absolute Gasteiger partial charge is 0.358 e. The van der Waals surface area contributed by atoms with Crippen LogP contribution in [0.4, 0.5) is 22.7 Å². The van der Waals surface area contributed by atoms with Crippen molar-refractivity contribution in [3.8, 4) is 0 Å². The predicted molar refractivity (Wildman–Crippen MR) is 153 cm³/mol. The highest BCUT2D eigenvalue weighted by molar-refractivity contribution is 5.81. The summed E-state index contributed by atoms with van der Waals surface area (Å²) < 4.78 is 0. The SMILES string of the molecule is CCC(C)c1ccccc1N(c1ccccc1)c1ccc(C2=CC=C3Nc4ccccc4C3C2)cc1. The summed E-state index contributed by atoms with van der Waals surface area (Å²) in [5.41, 5.74) is 11.6. The van der Waals surface area contributed by atoms with Gasteiger partial charge in [-0.25, -0.2) is 0 Å². The molecule has 2 atom stereocenters. The van der Waals surface area contributed by atoms with Crippen LogP contribution in [-0.4, -0.2) is 0 Å². The average molecular weight is 469 g/mol. The van der Waals surface area contributed by atoms with Gasteiger partial charge in [-0.05, 0) is 83.5 Å². The third kappa shape index (κ3) is 4.03. The molecule has 36 heavy (non-hydrogen) atoms. The van der Waals surface area contributed by atoms with Gasteiger partial charge in [0.05, 0.1) is 0 Å². The lowest BCUT2D eigenvalue weighted by Gasteiger charge is -2.29. The molecule has 0 saturated carbocycles. The highest BCUT2D eigenvalue weighted by Crippen LogP contribution is 2.46. The summed E-state index contributed by atoms with van der Waals surface area (Å²) in [6, 6.07) is 37.4. The highest BCUT2D eigenvalue weighted by atomic mass is 15.1. The van der Waals surface area contributed by atoms with E-state index in [0.717, 1.165) is 12.8 Å². The van der Waals surface area contributed by atoms with Crippen LogP contribution >= 0.6 is 0 Å². The molecule has 2 unspecified atom stereocenters. The maximum absolute atomic E-state index is 3.60. The van der Waals surface area contributed by atoms with Gasteiger partial charge in [0.2, 0.25) is 0 Å². The second-order valence-corrected chi connectivity index (χ2v) is 9.87. The number of benzene rings is 4. The molecule has 1 aliphatic heterocycles. The summed E-state index contributed by atoms with van der Waals surface area (Å²) in [4.78, 5) is 2.40. The van der Waals surface area contributed by atoms with Crippen molar-refractivity contribution in [2.24, 2.45) is 0 Å². The third-order valence-corrected chi connectivity index (χ3v) is 7.71. The summed E-state index contributed by atoms with van der Waals surface area (Å²) in [6.07, 6.45) is 6.68. The standard InChI is InChI=1S/C34H32N2/c1-3-24(2)29-13-8-10-16-34(29)36(27-11-5-4-6-12-27)28-20-17-25(18-21-28)26-19-22-33-31(23-26)30-14-7-9-15-32(30)35-33/h4-22,24,31,35H,3,23H2,1-2H3. The molecule has 0 amide bonds. The first-order valence-corrected chi connectivity index (χ1v) is 13.0. The number of fused-ring (bicyclic) bond motifs is 3. The number of allylic oxidation sites excluding steroid dienone is 4. The van der Waals surface area contributed by atoms with E-state index in [0.29, 0.717) is 11.8 Å². The van der Waals surface area contributed by atoms with Crippen molar-refractivity contribution < 1.29 is 0 Å². The molecule has 1 aliphatic carbocycles. The van der Waals surface area contributed by atoms with Crippen molar-refractivity contribution in [1.29, 1.82) is 0 Å². The number of hydrogen-bond acceptors (Lipinski definition) is 2. The van der Waals surface area contributed by atoms with E-state index in [9.17, 15) is 0 Å². The Morgan fingerprint density at radius 3 is 2.28 bits per heavy atom. The van der Waals surface area contributed by atoms with Gasteiger partial charge in [0, 0.05) is 34.4 Å². The maximum atomic E-state index is 3.60. The lowest BCUT2D eigenvalue weighted by atomic mass is 9.85. The molecule has 0 saturated heterocycles. The minimum Gasteiger partial charge on any atom is -0.358 e. The molecule has 0 spiro atoms. The molecule has 6 rings (SSSR count). The number of para-hydroxylation sites is 3. The van der Waals surface area contributed by atoms with Gasteiger partial charge in [0.15, 0.2) is 0 Å². The van der Waals surface area contributed by atoms with E-state index >= 15 is 0 Å². The number of nitrogens with one attached hydrogen (secondary N) is 1. The van der Waals surface area contributed by atoms with Crippen molar-refractivity contribution in [2.45, 2.75) is 38.5 Å². The molecule has 2 heteroatoms. The number of hydrogen-bond donors (Lipinski definition) is 1. The fourth-order valence-electron chi connectivity index (χ4n) is 5.55. The summed E-state index contributed by atoms with van der Waals surface area (Å²) in [7, 11) is 0. The second kappa shape index (κ2) is 9.54. The normalized spacial score (nSPS) is 16.8. The Bertz CT molecular complexity index is 1430. The summed E-state index contributed by atoms with van der Waals surface area (Å²) in [6.45, 7) is 4.58. The first kappa shape index (κ1) is 22.4. The Hall–Kier alpha value is -4.04. The van der Waals surface area contributed by atoms with Gasteiger partial charge in [-0.1, -0.05) is 86.7 Å². The Kier molecular flexibility index (Phi) is 5.95. The van der Waals surface area contributed by atoms with Crippen LogP contribution < -0.4 is 10.2 Å². The molecular weight excluding hydrogens is 436 g/mol. The van der Waals surface area contributed by atoms with Gasteiger partial charge in [-0.2, -0.15) is 0 Å². The molecule has 0 radical (unpaired) electrons. The van der Waals surface area contributed by atoms with E-state index in [-0.39, 0.29) is 0 Å². The molecule has 4 aromatic rings. The van der Waals surface area contributed by atoms with Crippen LogP contribution in [0.5, 0.6) is 0 Å². The van der Waals surface area contributed by atoms with Gasteiger partial charge < -0.3 is 10.2 Å². The zero-order chi connectivity index (χ0) is 24.5. The number of rotatable bonds is 6. The van der Waals surface area contributed by atoms with Crippen molar-refractivity contribution in [2.75, 3.05) is 10.2 Å². The minimum absolute atomic E-state index is 0.420.